The first-order valence-electron chi connectivity index (χ1n) is 4.35. The van der Waals surface area contributed by atoms with Crippen molar-refractivity contribution in [3.8, 4) is 0 Å². The molecule has 0 unspecified atom stereocenters. The number of carbonyl (C=O) groups excluding carboxylic acids is 1. The van der Waals surface area contributed by atoms with E-state index < -0.39 is 0 Å². The molecule has 0 aromatic rings. The summed E-state index contributed by atoms with van der Waals surface area (Å²) in [7, 11) is 0. The van der Waals surface area contributed by atoms with Crippen molar-refractivity contribution in [3.63, 3.8) is 0 Å². The number of rotatable bonds is 4. The summed E-state index contributed by atoms with van der Waals surface area (Å²) in [5.41, 5.74) is 6.04. The summed E-state index contributed by atoms with van der Waals surface area (Å²) in [6.07, 6.45) is 3.94. The standard InChI is InChI=1S/C10H19NO/c1-5-10(3,4)7-6-8(2)9(11)12/h6H,5,7H2,1-4H3,(H2,11,12)/b8-6+. The van der Waals surface area contributed by atoms with E-state index in [-0.39, 0.29) is 11.3 Å². The fourth-order valence-corrected chi connectivity index (χ4v) is 0.674. The number of allylic oxidation sites excluding steroid dienone is 1. The molecular formula is C10H19NO. The first kappa shape index (κ1) is 11.2. The van der Waals surface area contributed by atoms with Crippen molar-refractivity contribution in [2.24, 2.45) is 11.1 Å². The molecule has 0 rings (SSSR count). The van der Waals surface area contributed by atoms with Crippen molar-refractivity contribution >= 4 is 5.91 Å². The number of amides is 1. The maximum Gasteiger partial charge on any atom is 0.244 e. The zero-order chi connectivity index (χ0) is 9.78. The molecule has 0 aliphatic heterocycles. The Bertz CT molecular complexity index is 192. The molecule has 0 atom stereocenters. The number of hydrogen-bond acceptors (Lipinski definition) is 1. The summed E-state index contributed by atoms with van der Waals surface area (Å²) in [6, 6.07) is 0. The topological polar surface area (TPSA) is 43.1 Å². The van der Waals surface area contributed by atoms with Crippen LogP contribution in [0.4, 0.5) is 0 Å². The average molecular weight is 169 g/mol. The van der Waals surface area contributed by atoms with Crippen molar-refractivity contribution in [1.29, 1.82) is 0 Å². The molecule has 0 aromatic heterocycles. The first-order chi connectivity index (χ1) is 5.39. The summed E-state index contributed by atoms with van der Waals surface area (Å²) in [6.45, 7) is 8.26. The highest BCUT2D eigenvalue weighted by molar-refractivity contribution is 5.91. The molecule has 0 aliphatic carbocycles. The van der Waals surface area contributed by atoms with E-state index in [1.807, 2.05) is 6.08 Å². The van der Waals surface area contributed by atoms with Crippen LogP contribution in [0.2, 0.25) is 0 Å². The molecule has 0 aromatic carbocycles. The van der Waals surface area contributed by atoms with Crippen molar-refractivity contribution in [2.45, 2.75) is 40.5 Å². The first-order valence-corrected chi connectivity index (χ1v) is 4.35. The van der Waals surface area contributed by atoms with Crippen LogP contribution in [0.3, 0.4) is 0 Å². The molecule has 12 heavy (non-hydrogen) atoms. The van der Waals surface area contributed by atoms with Crippen LogP contribution in [0, 0.1) is 5.41 Å². The molecule has 0 heterocycles. The summed E-state index contributed by atoms with van der Waals surface area (Å²) in [4.78, 5) is 10.7. The zero-order valence-corrected chi connectivity index (χ0v) is 8.48. The Kier molecular flexibility index (Phi) is 4.01. The monoisotopic (exact) mass is 169 g/mol. The van der Waals surface area contributed by atoms with Gasteiger partial charge in [0.2, 0.25) is 5.91 Å². The van der Waals surface area contributed by atoms with Gasteiger partial charge in [-0.05, 0) is 18.8 Å². The lowest BCUT2D eigenvalue weighted by molar-refractivity contribution is -0.114. The number of hydrogen-bond donors (Lipinski definition) is 1. The predicted molar refractivity (Wildman–Crippen MR) is 51.6 cm³/mol. The Morgan fingerprint density at radius 2 is 2.00 bits per heavy atom. The second-order valence-corrected chi connectivity index (χ2v) is 3.97. The highest BCUT2D eigenvalue weighted by atomic mass is 16.1. The van der Waals surface area contributed by atoms with Gasteiger partial charge in [0.05, 0.1) is 0 Å². The Balaban J connectivity index is 4.13. The molecule has 2 N–H and O–H groups in total. The molecule has 70 valence electrons. The smallest absolute Gasteiger partial charge is 0.244 e. The predicted octanol–water partition coefficient (Wildman–Crippen LogP) is 2.24. The third kappa shape index (κ3) is 4.16. The lowest BCUT2D eigenvalue weighted by atomic mass is 9.86. The highest BCUT2D eigenvalue weighted by Crippen LogP contribution is 2.25. The average Bonchev–Trinajstić information content (AvgIpc) is 2.00. The van der Waals surface area contributed by atoms with E-state index in [2.05, 4.69) is 20.8 Å². The van der Waals surface area contributed by atoms with E-state index in [4.69, 9.17) is 5.73 Å². The van der Waals surface area contributed by atoms with E-state index in [9.17, 15) is 4.79 Å². The van der Waals surface area contributed by atoms with Gasteiger partial charge in [-0.1, -0.05) is 33.3 Å². The van der Waals surface area contributed by atoms with E-state index in [0.717, 1.165) is 12.8 Å². The van der Waals surface area contributed by atoms with Gasteiger partial charge in [-0.3, -0.25) is 4.79 Å². The van der Waals surface area contributed by atoms with Crippen molar-refractivity contribution in [1.82, 2.24) is 0 Å². The van der Waals surface area contributed by atoms with Crippen LogP contribution >= 0.6 is 0 Å². The van der Waals surface area contributed by atoms with Gasteiger partial charge in [0.15, 0.2) is 0 Å². The molecule has 0 saturated heterocycles. The molecule has 0 spiro atoms. The molecule has 2 nitrogen and oxygen atoms in total. The lowest BCUT2D eigenvalue weighted by Crippen LogP contribution is -2.13. The van der Waals surface area contributed by atoms with E-state index in [1.54, 1.807) is 6.92 Å². The van der Waals surface area contributed by atoms with Crippen molar-refractivity contribution < 1.29 is 4.79 Å². The fourth-order valence-electron chi connectivity index (χ4n) is 0.674. The number of nitrogens with two attached hydrogens (primary N) is 1. The molecule has 0 aliphatic rings. The molecule has 0 radical (unpaired) electrons. The quantitative estimate of drug-likeness (QED) is 0.644. The molecule has 1 amide bonds. The van der Waals surface area contributed by atoms with Gasteiger partial charge in [0.25, 0.3) is 0 Å². The maximum absolute atomic E-state index is 10.7. The largest absolute Gasteiger partial charge is 0.366 e. The van der Waals surface area contributed by atoms with Crippen LogP contribution in [0.15, 0.2) is 11.6 Å². The van der Waals surface area contributed by atoms with Crippen LogP contribution in [0.5, 0.6) is 0 Å². The van der Waals surface area contributed by atoms with Gasteiger partial charge in [-0.25, -0.2) is 0 Å². The van der Waals surface area contributed by atoms with E-state index in [0.29, 0.717) is 5.57 Å². The highest BCUT2D eigenvalue weighted by Gasteiger charge is 2.13. The van der Waals surface area contributed by atoms with Gasteiger partial charge in [-0.2, -0.15) is 0 Å². The number of carbonyl (C=O) groups is 1. The summed E-state index contributed by atoms with van der Waals surface area (Å²) in [5, 5.41) is 0. The number of primary amides is 1. The van der Waals surface area contributed by atoms with Crippen LogP contribution in [0.25, 0.3) is 0 Å². The van der Waals surface area contributed by atoms with E-state index in [1.165, 1.54) is 0 Å². The normalized spacial score (nSPS) is 13.2. The minimum Gasteiger partial charge on any atom is -0.366 e. The molecule has 0 saturated carbocycles. The Hall–Kier alpha value is -0.790. The molecule has 2 heteroatoms. The molecular weight excluding hydrogens is 150 g/mol. The van der Waals surface area contributed by atoms with Gasteiger partial charge in [-0.15, -0.1) is 0 Å². The molecule has 0 bridgehead atoms. The molecule has 0 fully saturated rings. The van der Waals surface area contributed by atoms with Crippen LogP contribution in [-0.4, -0.2) is 5.91 Å². The summed E-state index contributed by atoms with van der Waals surface area (Å²) >= 11 is 0. The summed E-state index contributed by atoms with van der Waals surface area (Å²) < 4.78 is 0. The van der Waals surface area contributed by atoms with Gasteiger partial charge in [0, 0.05) is 5.57 Å². The van der Waals surface area contributed by atoms with Crippen LogP contribution in [0.1, 0.15) is 40.5 Å². The minimum atomic E-state index is -0.318. The van der Waals surface area contributed by atoms with Gasteiger partial charge in [0.1, 0.15) is 0 Å². The third-order valence-electron chi connectivity index (χ3n) is 2.31. The van der Waals surface area contributed by atoms with Crippen molar-refractivity contribution in [2.75, 3.05) is 0 Å². The summed E-state index contributed by atoms with van der Waals surface area (Å²) in [5.74, 6) is -0.318. The minimum absolute atomic E-state index is 0.275. The van der Waals surface area contributed by atoms with E-state index >= 15 is 0 Å². The van der Waals surface area contributed by atoms with Gasteiger partial charge >= 0.3 is 0 Å². The second kappa shape index (κ2) is 4.29. The fraction of sp³-hybridized carbons (Fsp3) is 0.700. The van der Waals surface area contributed by atoms with Crippen molar-refractivity contribution in [3.05, 3.63) is 11.6 Å². The zero-order valence-electron chi connectivity index (χ0n) is 8.48. The maximum atomic E-state index is 10.7. The Morgan fingerprint density at radius 3 is 2.33 bits per heavy atom. The van der Waals surface area contributed by atoms with Gasteiger partial charge < -0.3 is 5.73 Å². The Labute approximate surface area is 74.8 Å². The SMILES string of the molecule is CCC(C)(C)C/C=C(\C)C(N)=O. The van der Waals surface area contributed by atoms with Crippen LogP contribution < -0.4 is 5.73 Å². The lowest BCUT2D eigenvalue weighted by Gasteiger charge is -2.20. The van der Waals surface area contributed by atoms with Crippen LogP contribution in [-0.2, 0) is 4.79 Å². The second-order valence-electron chi connectivity index (χ2n) is 3.97. The third-order valence-corrected chi connectivity index (χ3v) is 2.31. The Morgan fingerprint density at radius 1 is 1.50 bits per heavy atom.